The summed E-state index contributed by atoms with van der Waals surface area (Å²) < 4.78 is 10.5. The van der Waals surface area contributed by atoms with Crippen LogP contribution >= 0.6 is 0 Å². The molecule has 0 spiro atoms. The van der Waals surface area contributed by atoms with Gasteiger partial charge in [-0.1, -0.05) is 13.8 Å². The van der Waals surface area contributed by atoms with Crippen LogP contribution in [-0.2, 0) is 19.1 Å². The third-order valence-electron chi connectivity index (χ3n) is 1.63. The molecule has 0 atom stereocenters. The molecule has 0 fully saturated rings. The van der Waals surface area contributed by atoms with Crippen molar-refractivity contribution in [1.82, 2.24) is 0 Å². The fourth-order valence-electron chi connectivity index (χ4n) is 1.01. The SMILES string of the molecule is CCCOC(OCCC)C(=O)CC(C)=O. The lowest BCUT2D eigenvalue weighted by Crippen LogP contribution is -2.29. The predicted molar refractivity (Wildman–Crippen MR) is 56.6 cm³/mol. The Balaban J connectivity index is 4.07. The van der Waals surface area contributed by atoms with Gasteiger partial charge >= 0.3 is 0 Å². The summed E-state index contributed by atoms with van der Waals surface area (Å²) in [6, 6.07) is 0. The molecule has 0 saturated heterocycles. The van der Waals surface area contributed by atoms with Crippen LogP contribution in [0.1, 0.15) is 40.0 Å². The van der Waals surface area contributed by atoms with Crippen molar-refractivity contribution in [2.75, 3.05) is 13.2 Å². The van der Waals surface area contributed by atoms with E-state index >= 15 is 0 Å². The Morgan fingerprint density at radius 2 is 1.53 bits per heavy atom. The van der Waals surface area contributed by atoms with Gasteiger partial charge in [0.15, 0.2) is 5.78 Å². The molecule has 0 aliphatic carbocycles. The van der Waals surface area contributed by atoms with E-state index in [1.54, 1.807) is 0 Å². The number of carbonyl (C=O) groups is 2. The van der Waals surface area contributed by atoms with Crippen LogP contribution in [0, 0.1) is 0 Å². The molecule has 0 unspecified atom stereocenters. The van der Waals surface area contributed by atoms with Crippen LogP contribution in [0.5, 0.6) is 0 Å². The summed E-state index contributed by atoms with van der Waals surface area (Å²) in [6.07, 6.45) is 0.658. The van der Waals surface area contributed by atoms with Gasteiger partial charge in [0.1, 0.15) is 5.78 Å². The van der Waals surface area contributed by atoms with Crippen LogP contribution in [0.4, 0.5) is 0 Å². The lowest BCUT2D eigenvalue weighted by molar-refractivity contribution is -0.170. The van der Waals surface area contributed by atoms with E-state index in [1.165, 1.54) is 6.92 Å². The van der Waals surface area contributed by atoms with Crippen LogP contribution in [-0.4, -0.2) is 31.1 Å². The van der Waals surface area contributed by atoms with Gasteiger partial charge in [0, 0.05) is 13.2 Å². The van der Waals surface area contributed by atoms with Gasteiger partial charge in [-0.15, -0.1) is 0 Å². The summed E-state index contributed by atoms with van der Waals surface area (Å²) in [7, 11) is 0. The van der Waals surface area contributed by atoms with E-state index in [0.29, 0.717) is 13.2 Å². The lowest BCUT2D eigenvalue weighted by atomic mass is 10.2. The standard InChI is InChI=1S/C11H20O4/c1-4-6-14-11(15-7-5-2)10(13)8-9(3)12/h11H,4-8H2,1-3H3. The van der Waals surface area contributed by atoms with Gasteiger partial charge in [0.25, 0.3) is 0 Å². The minimum Gasteiger partial charge on any atom is -0.346 e. The number of Topliss-reactive ketones (excluding diaryl/α,β-unsaturated/α-hetero) is 2. The van der Waals surface area contributed by atoms with Crippen LogP contribution in [0.2, 0.25) is 0 Å². The van der Waals surface area contributed by atoms with Crippen molar-refractivity contribution in [2.24, 2.45) is 0 Å². The first-order valence-corrected chi connectivity index (χ1v) is 5.37. The summed E-state index contributed by atoms with van der Waals surface area (Å²) in [5.41, 5.74) is 0. The van der Waals surface area contributed by atoms with Crippen molar-refractivity contribution < 1.29 is 19.1 Å². The van der Waals surface area contributed by atoms with Crippen molar-refractivity contribution in [3.8, 4) is 0 Å². The van der Waals surface area contributed by atoms with Gasteiger partial charge in [-0.3, -0.25) is 9.59 Å². The molecule has 0 N–H and O–H groups in total. The molecule has 0 aliphatic rings. The highest BCUT2D eigenvalue weighted by atomic mass is 16.7. The second-order valence-corrected chi connectivity index (χ2v) is 3.42. The molecule has 0 aromatic heterocycles. The Labute approximate surface area is 90.9 Å². The van der Waals surface area contributed by atoms with Crippen molar-refractivity contribution in [2.45, 2.75) is 46.3 Å². The Morgan fingerprint density at radius 3 is 1.87 bits per heavy atom. The number of carbonyl (C=O) groups excluding carboxylic acids is 2. The monoisotopic (exact) mass is 216 g/mol. The minimum absolute atomic E-state index is 0.113. The third kappa shape index (κ3) is 7.22. The lowest BCUT2D eigenvalue weighted by Gasteiger charge is -2.16. The molecule has 15 heavy (non-hydrogen) atoms. The highest BCUT2D eigenvalue weighted by Crippen LogP contribution is 2.03. The number of rotatable bonds is 9. The largest absolute Gasteiger partial charge is 0.346 e. The first-order valence-electron chi connectivity index (χ1n) is 5.37. The van der Waals surface area contributed by atoms with Gasteiger partial charge in [-0.25, -0.2) is 0 Å². The second kappa shape index (κ2) is 8.56. The fraction of sp³-hybridized carbons (Fsp3) is 0.818. The van der Waals surface area contributed by atoms with Crippen molar-refractivity contribution >= 4 is 11.6 Å². The maximum Gasteiger partial charge on any atom is 0.218 e. The molecular weight excluding hydrogens is 196 g/mol. The van der Waals surface area contributed by atoms with Gasteiger partial charge in [0.2, 0.25) is 6.29 Å². The molecule has 0 amide bonds. The zero-order valence-corrected chi connectivity index (χ0v) is 9.75. The maximum atomic E-state index is 11.5. The van der Waals surface area contributed by atoms with Crippen molar-refractivity contribution in [3.05, 3.63) is 0 Å². The molecule has 0 aliphatic heterocycles. The maximum absolute atomic E-state index is 11.5. The number of ether oxygens (including phenoxy) is 2. The van der Waals surface area contributed by atoms with Gasteiger partial charge in [-0.2, -0.15) is 0 Å². The highest BCUT2D eigenvalue weighted by Gasteiger charge is 2.20. The Bertz CT molecular complexity index is 193. The summed E-state index contributed by atoms with van der Waals surface area (Å²) in [6.45, 7) is 6.23. The number of ketones is 2. The fourth-order valence-corrected chi connectivity index (χ4v) is 1.01. The van der Waals surface area contributed by atoms with Gasteiger partial charge in [-0.05, 0) is 19.8 Å². The average Bonchev–Trinajstić information content (AvgIpc) is 2.17. The summed E-state index contributed by atoms with van der Waals surface area (Å²) in [4.78, 5) is 22.3. The average molecular weight is 216 g/mol. The number of hydrogen-bond acceptors (Lipinski definition) is 4. The Kier molecular flexibility index (Phi) is 8.14. The zero-order valence-electron chi connectivity index (χ0n) is 9.75. The van der Waals surface area contributed by atoms with E-state index < -0.39 is 6.29 Å². The molecule has 4 nitrogen and oxygen atoms in total. The summed E-state index contributed by atoms with van der Waals surface area (Å²) >= 11 is 0. The van der Waals surface area contributed by atoms with E-state index in [9.17, 15) is 9.59 Å². The molecule has 0 aromatic rings. The Hall–Kier alpha value is -0.740. The molecule has 88 valence electrons. The highest BCUT2D eigenvalue weighted by molar-refractivity contribution is 5.99. The molecule has 4 heteroatoms. The first kappa shape index (κ1) is 14.3. The molecule has 0 bridgehead atoms. The second-order valence-electron chi connectivity index (χ2n) is 3.42. The van der Waals surface area contributed by atoms with Gasteiger partial charge < -0.3 is 9.47 Å². The quantitative estimate of drug-likeness (QED) is 0.435. The van der Waals surface area contributed by atoms with Crippen molar-refractivity contribution in [1.29, 1.82) is 0 Å². The minimum atomic E-state index is -0.867. The van der Waals surface area contributed by atoms with Crippen LogP contribution in [0.15, 0.2) is 0 Å². The molecule has 0 saturated carbocycles. The molecule has 0 radical (unpaired) electrons. The van der Waals surface area contributed by atoms with Crippen molar-refractivity contribution in [3.63, 3.8) is 0 Å². The van der Waals surface area contributed by atoms with E-state index in [0.717, 1.165) is 12.8 Å². The number of hydrogen-bond donors (Lipinski definition) is 0. The van der Waals surface area contributed by atoms with E-state index in [1.807, 2.05) is 13.8 Å². The smallest absolute Gasteiger partial charge is 0.218 e. The molecule has 0 heterocycles. The topological polar surface area (TPSA) is 52.6 Å². The van der Waals surface area contributed by atoms with E-state index in [-0.39, 0.29) is 18.0 Å². The molecule has 0 aromatic carbocycles. The normalized spacial score (nSPS) is 10.7. The Morgan fingerprint density at radius 1 is 1.07 bits per heavy atom. The zero-order chi connectivity index (χ0) is 11.7. The van der Waals surface area contributed by atoms with Crippen LogP contribution < -0.4 is 0 Å². The predicted octanol–water partition coefficient (Wildman–Crippen LogP) is 1.71. The van der Waals surface area contributed by atoms with E-state index in [4.69, 9.17) is 9.47 Å². The van der Waals surface area contributed by atoms with Gasteiger partial charge in [0.05, 0.1) is 6.42 Å². The summed E-state index contributed by atoms with van der Waals surface area (Å²) in [5.74, 6) is -0.449. The van der Waals surface area contributed by atoms with Crippen LogP contribution in [0.3, 0.4) is 0 Å². The first-order chi connectivity index (χ1) is 7.11. The van der Waals surface area contributed by atoms with Crippen LogP contribution in [0.25, 0.3) is 0 Å². The van der Waals surface area contributed by atoms with E-state index in [2.05, 4.69) is 0 Å². The molecular formula is C11H20O4. The molecule has 0 rings (SSSR count). The summed E-state index contributed by atoms with van der Waals surface area (Å²) in [5, 5.41) is 0. The third-order valence-corrected chi connectivity index (χ3v) is 1.63.